The van der Waals surface area contributed by atoms with E-state index in [2.05, 4.69) is 20.5 Å². The molecule has 3 heterocycles. The summed E-state index contributed by atoms with van der Waals surface area (Å²) in [6.07, 6.45) is 4.60. The van der Waals surface area contributed by atoms with Crippen LogP contribution in [0.25, 0.3) is 5.65 Å². The normalized spacial score (nSPS) is 20.0. The summed E-state index contributed by atoms with van der Waals surface area (Å²) in [5.74, 6) is -0.204. The molecule has 0 bridgehead atoms. The van der Waals surface area contributed by atoms with Gasteiger partial charge in [-0.15, -0.1) is 5.10 Å². The Hall–Kier alpha value is -2.25. The zero-order valence-corrected chi connectivity index (χ0v) is 8.89. The van der Waals surface area contributed by atoms with Crippen molar-refractivity contribution in [3.63, 3.8) is 0 Å². The van der Waals surface area contributed by atoms with Gasteiger partial charge in [0.15, 0.2) is 11.5 Å². The Morgan fingerprint density at radius 3 is 3.18 bits per heavy atom. The first-order valence-electron chi connectivity index (χ1n) is 5.29. The Bertz CT molecular complexity index is 567. The van der Waals surface area contributed by atoms with Gasteiger partial charge in [0.25, 0.3) is 0 Å². The molecule has 17 heavy (non-hydrogen) atoms. The van der Waals surface area contributed by atoms with Crippen LogP contribution in [0.1, 0.15) is 12.8 Å². The molecule has 0 spiro atoms. The van der Waals surface area contributed by atoms with Crippen LogP contribution in [0, 0.1) is 0 Å². The molecule has 1 saturated heterocycles. The average molecular weight is 234 g/mol. The lowest BCUT2D eigenvalue weighted by atomic mass is 10.2. The van der Waals surface area contributed by atoms with E-state index in [1.165, 1.54) is 10.7 Å². The predicted molar refractivity (Wildman–Crippen MR) is 56.6 cm³/mol. The third kappa shape index (κ3) is 1.49. The van der Waals surface area contributed by atoms with Gasteiger partial charge in [0.2, 0.25) is 0 Å². The molecule has 1 aliphatic heterocycles. The first kappa shape index (κ1) is 9.94. The van der Waals surface area contributed by atoms with Crippen molar-refractivity contribution in [1.29, 1.82) is 0 Å². The lowest BCUT2D eigenvalue weighted by molar-refractivity contribution is -0.138. The molecule has 1 atom stereocenters. The second kappa shape index (κ2) is 3.65. The lowest BCUT2D eigenvalue weighted by Gasteiger charge is -2.22. The molecule has 1 unspecified atom stereocenters. The number of tetrazole rings is 1. The van der Waals surface area contributed by atoms with E-state index in [0.717, 1.165) is 6.42 Å². The van der Waals surface area contributed by atoms with E-state index in [0.29, 0.717) is 24.4 Å². The van der Waals surface area contributed by atoms with Crippen LogP contribution in [0.4, 0.5) is 5.82 Å². The number of fused-ring (bicyclic) bond motifs is 1. The first-order chi connectivity index (χ1) is 8.27. The maximum Gasteiger partial charge on any atom is 0.326 e. The topological polar surface area (TPSA) is 96.5 Å². The number of hydrogen-bond acceptors (Lipinski definition) is 6. The van der Waals surface area contributed by atoms with Gasteiger partial charge >= 0.3 is 5.97 Å². The number of rotatable bonds is 2. The fourth-order valence-electron chi connectivity index (χ4n) is 2.16. The van der Waals surface area contributed by atoms with Crippen molar-refractivity contribution in [3.05, 3.63) is 12.4 Å². The van der Waals surface area contributed by atoms with Crippen LogP contribution in [-0.4, -0.2) is 48.7 Å². The molecule has 0 aliphatic carbocycles. The summed E-state index contributed by atoms with van der Waals surface area (Å²) in [6.45, 7) is 0.678. The number of hydrogen-bond donors (Lipinski definition) is 1. The summed E-state index contributed by atoms with van der Waals surface area (Å²) in [5.41, 5.74) is 0.513. The highest BCUT2D eigenvalue weighted by atomic mass is 16.4. The highest BCUT2D eigenvalue weighted by molar-refractivity contribution is 5.78. The highest BCUT2D eigenvalue weighted by Crippen LogP contribution is 2.24. The molecule has 1 aliphatic rings. The molecule has 0 saturated carbocycles. The zero-order valence-electron chi connectivity index (χ0n) is 8.89. The van der Waals surface area contributed by atoms with Crippen LogP contribution < -0.4 is 4.90 Å². The van der Waals surface area contributed by atoms with E-state index in [1.54, 1.807) is 11.1 Å². The number of nitrogens with zero attached hydrogens (tertiary/aromatic N) is 6. The second-order valence-corrected chi connectivity index (χ2v) is 3.90. The number of aliphatic carboxylic acids is 1. The van der Waals surface area contributed by atoms with E-state index in [-0.39, 0.29) is 0 Å². The van der Waals surface area contributed by atoms with Gasteiger partial charge in [0.05, 0.1) is 12.4 Å². The summed E-state index contributed by atoms with van der Waals surface area (Å²) in [4.78, 5) is 16.9. The fourth-order valence-corrected chi connectivity index (χ4v) is 2.16. The number of carboxylic acids is 1. The van der Waals surface area contributed by atoms with Crippen molar-refractivity contribution in [2.75, 3.05) is 11.4 Å². The Balaban J connectivity index is 2.08. The molecule has 0 amide bonds. The summed E-state index contributed by atoms with van der Waals surface area (Å²) >= 11 is 0. The molecule has 0 radical (unpaired) electrons. The maximum absolute atomic E-state index is 11.1. The highest BCUT2D eigenvalue weighted by Gasteiger charge is 2.32. The zero-order chi connectivity index (χ0) is 11.8. The quantitative estimate of drug-likeness (QED) is 0.753. The predicted octanol–water partition coefficient (Wildman–Crippen LogP) is -0.427. The van der Waals surface area contributed by atoms with Crippen molar-refractivity contribution in [2.24, 2.45) is 0 Å². The average Bonchev–Trinajstić information content (AvgIpc) is 2.97. The second-order valence-electron chi connectivity index (χ2n) is 3.90. The Morgan fingerprint density at radius 1 is 1.47 bits per heavy atom. The van der Waals surface area contributed by atoms with E-state index < -0.39 is 12.0 Å². The van der Waals surface area contributed by atoms with Crippen molar-refractivity contribution < 1.29 is 9.90 Å². The van der Waals surface area contributed by atoms with Crippen LogP contribution in [0.3, 0.4) is 0 Å². The molecule has 88 valence electrons. The minimum absolute atomic E-state index is 0.513. The van der Waals surface area contributed by atoms with Gasteiger partial charge in [0, 0.05) is 6.54 Å². The lowest BCUT2D eigenvalue weighted by Crippen LogP contribution is -2.37. The molecular weight excluding hydrogens is 224 g/mol. The Morgan fingerprint density at radius 2 is 2.35 bits per heavy atom. The van der Waals surface area contributed by atoms with E-state index >= 15 is 0 Å². The Kier molecular flexibility index (Phi) is 2.13. The molecule has 1 N–H and O–H groups in total. The fraction of sp³-hybridized carbons (Fsp3) is 0.444. The summed E-state index contributed by atoms with van der Waals surface area (Å²) < 4.78 is 1.51. The molecule has 8 nitrogen and oxygen atoms in total. The van der Waals surface area contributed by atoms with Gasteiger partial charge in [-0.05, 0) is 23.3 Å². The standard InChI is InChI=1S/C9H10N6O2/c16-9(17)6-2-1-3-14(6)8-5-10-4-7-11-12-13-15(7)8/h4-6H,1-3H2,(H,16,17). The summed E-state index contributed by atoms with van der Waals surface area (Å²) in [7, 11) is 0. The number of carbonyl (C=O) groups is 1. The minimum Gasteiger partial charge on any atom is -0.480 e. The van der Waals surface area contributed by atoms with Crippen LogP contribution in [0.2, 0.25) is 0 Å². The third-order valence-corrected chi connectivity index (χ3v) is 2.92. The van der Waals surface area contributed by atoms with Crippen LogP contribution >= 0.6 is 0 Å². The minimum atomic E-state index is -0.826. The van der Waals surface area contributed by atoms with Crippen molar-refractivity contribution in [1.82, 2.24) is 25.0 Å². The van der Waals surface area contributed by atoms with Gasteiger partial charge in [0.1, 0.15) is 6.04 Å². The third-order valence-electron chi connectivity index (χ3n) is 2.92. The van der Waals surface area contributed by atoms with Crippen molar-refractivity contribution in [2.45, 2.75) is 18.9 Å². The number of anilines is 1. The van der Waals surface area contributed by atoms with Gasteiger partial charge in [-0.25, -0.2) is 4.79 Å². The van der Waals surface area contributed by atoms with E-state index in [4.69, 9.17) is 5.11 Å². The van der Waals surface area contributed by atoms with Gasteiger partial charge < -0.3 is 10.0 Å². The summed E-state index contributed by atoms with van der Waals surface area (Å²) in [5, 5.41) is 20.3. The largest absolute Gasteiger partial charge is 0.480 e. The van der Waals surface area contributed by atoms with Crippen molar-refractivity contribution >= 4 is 17.4 Å². The maximum atomic E-state index is 11.1. The smallest absolute Gasteiger partial charge is 0.326 e. The molecule has 8 heteroatoms. The van der Waals surface area contributed by atoms with Crippen molar-refractivity contribution in [3.8, 4) is 0 Å². The SMILES string of the molecule is O=C(O)C1CCCN1c1cncc2nnnn12. The van der Waals surface area contributed by atoms with Gasteiger partial charge in [-0.1, -0.05) is 0 Å². The molecule has 3 rings (SSSR count). The Labute approximate surface area is 95.9 Å². The van der Waals surface area contributed by atoms with Crippen LogP contribution in [0.15, 0.2) is 12.4 Å². The molecular formula is C9H10N6O2. The molecule has 1 fully saturated rings. The number of carboxylic acid groups (broad SMARTS) is 1. The summed E-state index contributed by atoms with van der Waals surface area (Å²) in [6, 6.07) is -0.522. The number of aromatic nitrogens is 5. The van der Waals surface area contributed by atoms with Crippen LogP contribution in [-0.2, 0) is 4.79 Å². The van der Waals surface area contributed by atoms with Gasteiger partial charge in [-0.2, -0.15) is 4.52 Å². The monoisotopic (exact) mass is 234 g/mol. The van der Waals surface area contributed by atoms with Crippen LogP contribution in [0.5, 0.6) is 0 Å². The molecule has 2 aromatic heterocycles. The van der Waals surface area contributed by atoms with Gasteiger partial charge in [-0.3, -0.25) is 4.98 Å². The van der Waals surface area contributed by atoms with E-state index in [1.807, 2.05) is 0 Å². The molecule has 2 aromatic rings. The van der Waals surface area contributed by atoms with E-state index in [9.17, 15) is 4.79 Å². The molecule has 0 aromatic carbocycles. The first-order valence-corrected chi connectivity index (χ1v) is 5.29.